The molecule has 3 rings (SSSR count). The molecule has 6 heteroatoms. The van der Waals surface area contributed by atoms with Crippen molar-refractivity contribution in [3.05, 3.63) is 65.2 Å². The van der Waals surface area contributed by atoms with E-state index < -0.39 is 0 Å². The first-order valence-electron chi connectivity index (χ1n) is 8.64. The standard InChI is InChI=1S/C21H21ClN2O3/c1-3-27-20-17(22)11-14(12-19(20)26-2)13-23-21(25)24-18-10-6-8-15-7-4-5-9-16(15)18/h4-12H,3,13H2,1-2H3,(H2,23,24,25). The molecule has 0 fully saturated rings. The number of benzene rings is 3. The van der Waals surface area contributed by atoms with Gasteiger partial charge in [-0.15, -0.1) is 0 Å². The van der Waals surface area contributed by atoms with Crippen molar-refractivity contribution in [3.63, 3.8) is 0 Å². The van der Waals surface area contributed by atoms with Gasteiger partial charge in [0.15, 0.2) is 11.5 Å². The summed E-state index contributed by atoms with van der Waals surface area (Å²) in [6.07, 6.45) is 0. The number of carbonyl (C=O) groups is 1. The van der Waals surface area contributed by atoms with Crippen LogP contribution in [0.5, 0.6) is 11.5 Å². The van der Waals surface area contributed by atoms with Crippen molar-refractivity contribution in [2.24, 2.45) is 0 Å². The Labute approximate surface area is 163 Å². The molecule has 3 aromatic rings. The largest absolute Gasteiger partial charge is 0.493 e. The van der Waals surface area contributed by atoms with Crippen molar-refractivity contribution in [2.45, 2.75) is 13.5 Å². The zero-order chi connectivity index (χ0) is 19.2. The molecular weight excluding hydrogens is 364 g/mol. The first-order valence-corrected chi connectivity index (χ1v) is 9.02. The first-order chi connectivity index (χ1) is 13.1. The predicted octanol–water partition coefficient (Wildman–Crippen LogP) is 5.22. The Morgan fingerprint density at radius 2 is 1.89 bits per heavy atom. The van der Waals surface area contributed by atoms with Crippen LogP contribution >= 0.6 is 11.6 Å². The summed E-state index contributed by atoms with van der Waals surface area (Å²) in [6.45, 7) is 2.67. The Balaban J connectivity index is 1.69. The number of nitrogens with one attached hydrogen (secondary N) is 2. The summed E-state index contributed by atoms with van der Waals surface area (Å²) >= 11 is 6.27. The maximum Gasteiger partial charge on any atom is 0.319 e. The van der Waals surface area contributed by atoms with Crippen LogP contribution in [-0.2, 0) is 6.54 Å². The molecule has 0 heterocycles. The molecule has 0 radical (unpaired) electrons. The van der Waals surface area contributed by atoms with Gasteiger partial charge in [-0.2, -0.15) is 0 Å². The third kappa shape index (κ3) is 4.44. The highest BCUT2D eigenvalue weighted by atomic mass is 35.5. The fraction of sp³-hybridized carbons (Fsp3) is 0.190. The minimum absolute atomic E-state index is 0.296. The molecule has 140 valence electrons. The molecule has 0 atom stereocenters. The zero-order valence-corrected chi connectivity index (χ0v) is 16.0. The minimum atomic E-state index is -0.296. The van der Waals surface area contributed by atoms with Gasteiger partial charge in [-0.1, -0.05) is 48.0 Å². The van der Waals surface area contributed by atoms with Crippen molar-refractivity contribution in [2.75, 3.05) is 19.0 Å². The number of anilines is 1. The number of fused-ring (bicyclic) bond motifs is 1. The van der Waals surface area contributed by atoms with E-state index in [2.05, 4.69) is 10.6 Å². The molecule has 27 heavy (non-hydrogen) atoms. The van der Waals surface area contributed by atoms with Gasteiger partial charge in [0, 0.05) is 11.9 Å². The Morgan fingerprint density at radius 1 is 1.11 bits per heavy atom. The van der Waals surface area contributed by atoms with Crippen LogP contribution in [0.4, 0.5) is 10.5 Å². The maximum atomic E-state index is 12.3. The number of methoxy groups -OCH3 is 1. The average molecular weight is 385 g/mol. The lowest BCUT2D eigenvalue weighted by Crippen LogP contribution is -2.28. The van der Waals surface area contributed by atoms with Gasteiger partial charge >= 0.3 is 6.03 Å². The van der Waals surface area contributed by atoms with E-state index in [4.69, 9.17) is 21.1 Å². The number of ether oxygens (including phenoxy) is 2. The number of hydrogen-bond acceptors (Lipinski definition) is 3. The number of rotatable bonds is 6. The summed E-state index contributed by atoms with van der Waals surface area (Å²) in [7, 11) is 1.55. The van der Waals surface area contributed by atoms with Gasteiger partial charge < -0.3 is 20.1 Å². The van der Waals surface area contributed by atoms with E-state index in [0.717, 1.165) is 22.0 Å². The molecule has 0 aliphatic heterocycles. The monoisotopic (exact) mass is 384 g/mol. The van der Waals surface area contributed by atoms with E-state index >= 15 is 0 Å². The first kappa shape index (κ1) is 18.9. The van der Waals surface area contributed by atoms with E-state index in [0.29, 0.717) is 29.7 Å². The Kier molecular flexibility index (Phi) is 6.04. The number of amides is 2. The average Bonchev–Trinajstić information content (AvgIpc) is 2.68. The third-order valence-corrected chi connectivity index (χ3v) is 4.35. The molecule has 2 amide bonds. The molecule has 0 aromatic heterocycles. The van der Waals surface area contributed by atoms with Crippen molar-refractivity contribution in [3.8, 4) is 11.5 Å². The summed E-state index contributed by atoms with van der Waals surface area (Å²) in [5, 5.41) is 8.23. The normalized spacial score (nSPS) is 10.5. The molecule has 0 bridgehead atoms. The molecule has 0 spiro atoms. The smallest absolute Gasteiger partial charge is 0.319 e. The van der Waals surface area contributed by atoms with Crippen LogP contribution in [0, 0.1) is 0 Å². The van der Waals surface area contributed by atoms with Crippen LogP contribution in [-0.4, -0.2) is 19.7 Å². The SMILES string of the molecule is CCOc1c(Cl)cc(CNC(=O)Nc2cccc3ccccc23)cc1OC. The Bertz CT molecular complexity index is 954. The number of halogens is 1. The fourth-order valence-corrected chi connectivity index (χ4v) is 3.13. The highest BCUT2D eigenvalue weighted by Gasteiger charge is 2.12. The molecule has 0 aliphatic rings. The summed E-state index contributed by atoms with van der Waals surface area (Å²) in [6, 6.07) is 16.9. The molecule has 5 nitrogen and oxygen atoms in total. The topological polar surface area (TPSA) is 59.6 Å². The van der Waals surface area contributed by atoms with Crippen LogP contribution in [0.2, 0.25) is 5.02 Å². The summed E-state index contributed by atoms with van der Waals surface area (Å²) in [4.78, 5) is 12.3. The molecule has 2 N–H and O–H groups in total. The van der Waals surface area contributed by atoms with E-state index in [1.165, 1.54) is 0 Å². The van der Waals surface area contributed by atoms with E-state index in [1.54, 1.807) is 19.2 Å². The lowest BCUT2D eigenvalue weighted by Gasteiger charge is -2.14. The lowest BCUT2D eigenvalue weighted by molar-refractivity contribution is 0.251. The number of urea groups is 1. The van der Waals surface area contributed by atoms with E-state index in [1.807, 2.05) is 49.4 Å². The van der Waals surface area contributed by atoms with E-state index in [9.17, 15) is 4.79 Å². The van der Waals surface area contributed by atoms with Crippen LogP contribution in [0.3, 0.4) is 0 Å². The quantitative estimate of drug-likeness (QED) is 0.612. The Morgan fingerprint density at radius 3 is 2.67 bits per heavy atom. The Hall–Kier alpha value is -2.92. The van der Waals surface area contributed by atoms with Gasteiger partial charge in [0.05, 0.1) is 24.4 Å². The van der Waals surface area contributed by atoms with Crippen LogP contribution < -0.4 is 20.1 Å². The van der Waals surface area contributed by atoms with Crippen LogP contribution in [0.1, 0.15) is 12.5 Å². The fourth-order valence-electron chi connectivity index (χ4n) is 2.84. The van der Waals surface area contributed by atoms with Gasteiger partial charge in [-0.3, -0.25) is 0 Å². The minimum Gasteiger partial charge on any atom is -0.493 e. The van der Waals surface area contributed by atoms with Gasteiger partial charge in [0.2, 0.25) is 0 Å². The van der Waals surface area contributed by atoms with Gasteiger partial charge in [-0.25, -0.2) is 4.79 Å². The van der Waals surface area contributed by atoms with Crippen LogP contribution in [0.25, 0.3) is 10.8 Å². The second kappa shape index (κ2) is 8.64. The van der Waals surface area contributed by atoms with Crippen molar-refractivity contribution in [1.29, 1.82) is 0 Å². The highest BCUT2D eigenvalue weighted by Crippen LogP contribution is 2.36. The van der Waals surface area contributed by atoms with E-state index in [-0.39, 0.29) is 6.03 Å². The predicted molar refractivity (Wildman–Crippen MR) is 109 cm³/mol. The molecule has 3 aromatic carbocycles. The summed E-state index contributed by atoms with van der Waals surface area (Å²) in [5.41, 5.74) is 1.57. The highest BCUT2D eigenvalue weighted by molar-refractivity contribution is 6.32. The lowest BCUT2D eigenvalue weighted by atomic mass is 10.1. The number of carbonyl (C=O) groups excluding carboxylic acids is 1. The molecule has 0 saturated carbocycles. The molecule has 0 unspecified atom stereocenters. The second-order valence-corrected chi connectivity index (χ2v) is 6.28. The van der Waals surface area contributed by atoms with Gasteiger partial charge in [-0.05, 0) is 36.1 Å². The molecule has 0 aliphatic carbocycles. The third-order valence-electron chi connectivity index (χ3n) is 4.07. The van der Waals surface area contributed by atoms with Crippen molar-refractivity contribution < 1.29 is 14.3 Å². The molecule has 0 saturated heterocycles. The van der Waals surface area contributed by atoms with Gasteiger partial charge in [0.1, 0.15) is 0 Å². The van der Waals surface area contributed by atoms with Gasteiger partial charge in [0.25, 0.3) is 0 Å². The number of hydrogen-bond donors (Lipinski definition) is 2. The summed E-state index contributed by atoms with van der Waals surface area (Å²) in [5.74, 6) is 1.04. The van der Waals surface area contributed by atoms with Crippen molar-refractivity contribution >= 4 is 34.1 Å². The summed E-state index contributed by atoms with van der Waals surface area (Å²) < 4.78 is 10.8. The van der Waals surface area contributed by atoms with Crippen molar-refractivity contribution in [1.82, 2.24) is 5.32 Å². The zero-order valence-electron chi connectivity index (χ0n) is 15.2. The molecular formula is C21H21ClN2O3. The maximum absolute atomic E-state index is 12.3. The van der Waals surface area contributed by atoms with Crippen LogP contribution in [0.15, 0.2) is 54.6 Å². The second-order valence-electron chi connectivity index (χ2n) is 5.88.